The van der Waals surface area contributed by atoms with Crippen LogP contribution in [0.15, 0.2) is 77.1 Å². The van der Waals surface area contributed by atoms with Crippen LogP contribution >= 0.6 is 0 Å². The van der Waals surface area contributed by atoms with Crippen molar-refractivity contribution in [2.75, 3.05) is 5.32 Å². The minimum atomic E-state index is 0.817. The van der Waals surface area contributed by atoms with Crippen LogP contribution in [0.2, 0.25) is 0 Å². The first kappa shape index (κ1) is 15.0. The molecule has 1 aliphatic rings. The summed E-state index contributed by atoms with van der Waals surface area (Å²) in [6, 6.07) is 8.17. The monoisotopic (exact) mass is 278 g/mol. The van der Waals surface area contributed by atoms with Crippen molar-refractivity contribution in [2.24, 2.45) is 4.99 Å². The maximum absolute atomic E-state index is 4.71. The molecule has 0 unspecified atom stereocenters. The Kier molecular flexibility index (Phi) is 4.94. The van der Waals surface area contributed by atoms with Crippen molar-refractivity contribution in [1.82, 2.24) is 0 Å². The number of nitrogens with zero attached hydrogens (tertiary/aromatic N) is 1. The Morgan fingerprint density at radius 1 is 1.33 bits per heavy atom. The van der Waals surface area contributed by atoms with Gasteiger partial charge >= 0.3 is 0 Å². The number of allylic oxidation sites excluding steroid dienone is 5. The summed E-state index contributed by atoms with van der Waals surface area (Å²) in [5, 5.41) is 3.35. The van der Waals surface area contributed by atoms with Crippen LogP contribution in [0.3, 0.4) is 0 Å². The molecule has 0 bridgehead atoms. The van der Waals surface area contributed by atoms with E-state index in [0.29, 0.717) is 0 Å². The van der Waals surface area contributed by atoms with Crippen LogP contribution in [-0.4, -0.2) is 5.71 Å². The number of rotatable bonds is 5. The first-order chi connectivity index (χ1) is 10.1. The summed E-state index contributed by atoms with van der Waals surface area (Å²) in [6.07, 6.45) is 9.28. The SMILES string of the molecule is C=C(Nc1ccccc1C)/C(=C/C)N=C(C)C1=CC=CC1. The molecule has 21 heavy (non-hydrogen) atoms. The van der Waals surface area contributed by atoms with Crippen molar-refractivity contribution in [2.45, 2.75) is 27.2 Å². The van der Waals surface area contributed by atoms with Gasteiger partial charge in [-0.05, 0) is 44.4 Å². The molecule has 0 saturated heterocycles. The van der Waals surface area contributed by atoms with Crippen LogP contribution in [0, 0.1) is 6.92 Å². The Labute approximate surface area is 127 Å². The fraction of sp³-hybridized carbons (Fsp3) is 0.211. The van der Waals surface area contributed by atoms with E-state index in [2.05, 4.69) is 43.1 Å². The Bertz CT molecular complexity index is 658. The number of benzene rings is 1. The lowest BCUT2D eigenvalue weighted by Crippen LogP contribution is -2.04. The summed E-state index contributed by atoms with van der Waals surface area (Å²) in [6.45, 7) is 10.2. The molecule has 0 atom stereocenters. The van der Waals surface area contributed by atoms with Crippen molar-refractivity contribution < 1.29 is 0 Å². The molecule has 1 aromatic carbocycles. The van der Waals surface area contributed by atoms with E-state index in [1.54, 1.807) is 0 Å². The second-order valence-electron chi connectivity index (χ2n) is 5.11. The van der Waals surface area contributed by atoms with Gasteiger partial charge in [0.05, 0.1) is 11.4 Å². The van der Waals surface area contributed by atoms with Crippen molar-refractivity contribution in [3.05, 3.63) is 77.7 Å². The predicted octanol–water partition coefficient (Wildman–Crippen LogP) is 5.17. The molecule has 0 fully saturated rings. The average Bonchev–Trinajstić information content (AvgIpc) is 3.01. The van der Waals surface area contributed by atoms with Gasteiger partial charge in [-0.15, -0.1) is 0 Å². The van der Waals surface area contributed by atoms with E-state index in [0.717, 1.165) is 29.2 Å². The molecular weight excluding hydrogens is 256 g/mol. The highest BCUT2D eigenvalue weighted by Gasteiger charge is 2.07. The summed E-state index contributed by atoms with van der Waals surface area (Å²) >= 11 is 0. The van der Waals surface area contributed by atoms with Crippen molar-refractivity contribution in [1.29, 1.82) is 0 Å². The van der Waals surface area contributed by atoms with Gasteiger partial charge in [0, 0.05) is 11.4 Å². The molecule has 108 valence electrons. The number of nitrogens with one attached hydrogen (secondary N) is 1. The van der Waals surface area contributed by atoms with E-state index in [-0.39, 0.29) is 0 Å². The third kappa shape index (κ3) is 3.82. The fourth-order valence-corrected chi connectivity index (χ4v) is 2.21. The topological polar surface area (TPSA) is 24.4 Å². The zero-order valence-electron chi connectivity index (χ0n) is 13.0. The molecule has 0 heterocycles. The highest BCUT2D eigenvalue weighted by Crippen LogP contribution is 2.20. The van der Waals surface area contributed by atoms with Crippen LogP contribution in [0.5, 0.6) is 0 Å². The number of aryl methyl sites for hydroxylation is 1. The lowest BCUT2D eigenvalue weighted by atomic mass is 10.1. The van der Waals surface area contributed by atoms with E-state index in [4.69, 9.17) is 4.99 Å². The van der Waals surface area contributed by atoms with Gasteiger partial charge in [-0.25, -0.2) is 0 Å². The fourth-order valence-electron chi connectivity index (χ4n) is 2.21. The van der Waals surface area contributed by atoms with Gasteiger partial charge in [-0.1, -0.05) is 49.1 Å². The summed E-state index contributed by atoms with van der Waals surface area (Å²) < 4.78 is 0. The van der Waals surface area contributed by atoms with Crippen molar-refractivity contribution in [3.8, 4) is 0 Å². The molecule has 2 heteroatoms. The normalized spacial score (nSPS) is 15.1. The molecule has 0 spiro atoms. The van der Waals surface area contributed by atoms with E-state index >= 15 is 0 Å². The third-order valence-corrected chi connectivity index (χ3v) is 3.54. The zero-order chi connectivity index (χ0) is 15.2. The van der Waals surface area contributed by atoms with Crippen LogP contribution in [-0.2, 0) is 0 Å². The maximum Gasteiger partial charge on any atom is 0.0819 e. The summed E-state index contributed by atoms with van der Waals surface area (Å²) in [7, 11) is 0. The van der Waals surface area contributed by atoms with Gasteiger partial charge in [0.15, 0.2) is 0 Å². The van der Waals surface area contributed by atoms with E-state index < -0.39 is 0 Å². The molecule has 1 aliphatic carbocycles. The Balaban J connectivity index is 2.13. The zero-order valence-corrected chi connectivity index (χ0v) is 13.0. The highest BCUT2D eigenvalue weighted by atomic mass is 14.9. The van der Waals surface area contributed by atoms with E-state index in [9.17, 15) is 0 Å². The smallest absolute Gasteiger partial charge is 0.0819 e. The summed E-state index contributed by atoms with van der Waals surface area (Å²) in [5.41, 5.74) is 6.26. The first-order valence-electron chi connectivity index (χ1n) is 7.21. The minimum absolute atomic E-state index is 0.817. The maximum atomic E-state index is 4.71. The van der Waals surface area contributed by atoms with Crippen LogP contribution in [0.25, 0.3) is 0 Å². The van der Waals surface area contributed by atoms with Gasteiger partial charge in [-0.2, -0.15) is 0 Å². The molecule has 1 aromatic rings. The third-order valence-electron chi connectivity index (χ3n) is 3.54. The lowest BCUT2D eigenvalue weighted by molar-refractivity contribution is 1.24. The van der Waals surface area contributed by atoms with Crippen molar-refractivity contribution >= 4 is 11.4 Å². The van der Waals surface area contributed by atoms with Crippen molar-refractivity contribution in [3.63, 3.8) is 0 Å². The number of anilines is 1. The standard InChI is InChI=1S/C19H22N2/c1-5-18(20-15(3)17-11-7-8-12-17)16(4)21-19-13-9-6-10-14(19)2/h5-11,13,21H,4,12H2,1-3H3/b18-5-,20-15?. The average molecular weight is 278 g/mol. The molecule has 2 rings (SSSR count). The molecule has 0 saturated carbocycles. The van der Waals surface area contributed by atoms with Crippen LogP contribution in [0.4, 0.5) is 5.69 Å². The molecule has 0 radical (unpaired) electrons. The minimum Gasteiger partial charge on any atom is -0.354 e. The number of hydrogen-bond donors (Lipinski definition) is 1. The van der Waals surface area contributed by atoms with Gasteiger partial charge < -0.3 is 5.32 Å². The molecule has 0 aromatic heterocycles. The van der Waals surface area contributed by atoms with Gasteiger partial charge in [0.2, 0.25) is 0 Å². The second kappa shape index (κ2) is 6.89. The number of para-hydroxylation sites is 1. The number of aliphatic imine (C=N–C) groups is 1. The molecular formula is C19H22N2. The summed E-state index contributed by atoms with van der Waals surface area (Å²) in [5.74, 6) is 0. The summed E-state index contributed by atoms with van der Waals surface area (Å²) in [4.78, 5) is 4.71. The molecule has 0 amide bonds. The van der Waals surface area contributed by atoms with Gasteiger partial charge in [0.25, 0.3) is 0 Å². The van der Waals surface area contributed by atoms with Gasteiger partial charge in [-0.3, -0.25) is 4.99 Å². The highest BCUT2D eigenvalue weighted by molar-refractivity contribution is 6.00. The molecule has 2 nitrogen and oxygen atoms in total. The quantitative estimate of drug-likeness (QED) is 0.583. The second-order valence-corrected chi connectivity index (χ2v) is 5.11. The predicted molar refractivity (Wildman–Crippen MR) is 92.6 cm³/mol. The molecule has 0 aliphatic heterocycles. The number of hydrogen-bond acceptors (Lipinski definition) is 2. The van der Waals surface area contributed by atoms with Crippen LogP contribution in [0.1, 0.15) is 25.8 Å². The Hall–Kier alpha value is -2.35. The Morgan fingerprint density at radius 2 is 2.10 bits per heavy atom. The van der Waals surface area contributed by atoms with E-state index in [1.807, 2.05) is 38.1 Å². The van der Waals surface area contributed by atoms with Gasteiger partial charge in [0.1, 0.15) is 0 Å². The largest absolute Gasteiger partial charge is 0.354 e. The van der Waals surface area contributed by atoms with Crippen LogP contribution < -0.4 is 5.32 Å². The first-order valence-corrected chi connectivity index (χ1v) is 7.21. The van der Waals surface area contributed by atoms with E-state index in [1.165, 1.54) is 11.1 Å². The molecule has 1 N–H and O–H groups in total. The Morgan fingerprint density at radius 3 is 2.71 bits per heavy atom. The lowest BCUT2D eigenvalue weighted by Gasteiger charge is -2.13.